The molecule has 0 bridgehead atoms. The minimum Gasteiger partial charge on any atom is -0.380 e. The molecule has 4 rings (SSSR count). The summed E-state index contributed by atoms with van der Waals surface area (Å²) < 4.78 is 27.5. The van der Waals surface area contributed by atoms with Gasteiger partial charge in [0.1, 0.15) is 5.82 Å². The SMILES string of the molecule is CCCN1CCN(c2ccc(Nc3cc(NCc4cccc(F)c4F)c(C(N)=O)cn3)cc2)CC1. The number of amides is 1. The van der Waals surface area contributed by atoms with Crippen LogP contribution in [-0.2, 0) is 6.54 Å². The van der Waals surface area contributed by atoms with Gasteiger partial charge in [0.2, 0.25) is 0 Å². The van der Waals surface area contributed by atoms with Gasteiger partial charge in [-0.25, -0.2) is 13.8 Å². The molecule has 0 unspecified atom stereocenters. The van der Waals surface area contributed by atoms with Crippen molar-refractivity contribution in [3.63, 3.8) is 0 Å². The lowest BCUT2D eigenvalue weighted by molar-refractivity contribution is 0.100. The normalized spacial score (nSPS) is 14.1. The molecule has 2 aromatic carbocycles. The molecular formula is C26H30F2N6O. The van der Waals surface area contributed by atoms with Crippen molar-refractivity contribution >= 4 is 28.8 Å². The van der Waals surface area contributed by atoms with E-state index in [9.17, 15) is 13.6 Å². The van der Waals surface area contributed by atoms with Gasteiger partial charge in [0.25, 0.3) is 5.91 Å². The summed E-state index contributed by atoms with van der Waals surface area (Å²) in [6.45, 7) is 7.48. The second kappa shape index (κ2) is 11.1. The Morgan fingerprint density at radius 1 is 1.09 bits per heavy atom. The highest BCUT2D eigenvalue weighted by Crippen LogP contribution is 2.25. The largest absolute Gasteiger partial charge is 0.380 e. The fourth-order valence-corrected chi connectivity index (χ4v) is 4.19. The highest BCUT2D eigenvalue weighted by molar-refractivity contribution is 5.98. The van der Waals surface area contributed by atoms with Gasteiger partial charge in [-0.1, -0.05) is 19.1 Å². The molecule has 1 aliphatic rings. The van der Waals surface area contributed by atoms with Crippen molar-refractivity contribution in [2.75, 3.05) is 48.3 Å². The number of nitrogens with zero attached hydrogens (tertiary/aromatic N) is 3. The number of carbonyl (C=O) groups excluding carboxylic acids is 1. The number of piperazine rings is 1. The number of benzene rings is 2. The zero-order chi connectivity index (χ0) is 24.8. The van der Waals surface area contributed by atoms with E-state index in [1.54, 1.807) is 6.07 Å². The predicted molar refractivity (Wildman–Crippen MR) is 135 cm³/mol. The van der Waals surface area contributed by atoms with E-state index in [0.29, 0.717) is 11.5 Å². The van der Waals surface area contributed by atoms with Crippen molar-refractivity contribution in [1.29, 1.82) is 0 Å². The molecule has 0 radical (unpaired) electrons. The standard InChI is InChI=1S/C26H30F2N6O/c1-2-10-33-11-13-34(14-12-33)20-8-6-19(7-9-20)32-24-15-23(21(17-31-24)26(29)35)30-16-18-4-3-5-22(27)25(18)28/h3-9,15,17H,2,10-14,16H2,1H3,(H2,29,35)(H2,30,31,32). The number of halogens is 2. The Morgan fingerprint density at radius 2 is 1.83 bits per heavy atom. The number of primary amides is 1. The van der Waals surface area contributed by atoms with Crippen LogP contribution in [0.4, 0.5) is 31.7 Å². The summed E-state index contributed by atoms with van der Waals surface area (Å²) in [6, 6.07) is 13.7. The summed E-state index contributed by atoms with van der Waals surface area (Å²) >= 11 is 0. The summed E-state index contributed by atoms with van der Waals surface area (Å²) in [5, 5.41) is 6.19. The number of hydrogen-bond acceptors (Lipinski definition) is 6. The Labute approximate surface area is 203 Å². The summed E-state index contributed by atoms with van der Waals surface area (Å²) in [5.74, 6) is -2.05. The molecule has 0 spiro atoms. The number of hydrogen-bond donors (Lipinski definition) is 3. The summed E-state index contributed by atoms with van der Waals surface area (Å²) in [7, 11) is 0. The number of pyridine rings is 1. The van der Waals surface area contributed by atoms with Crippen LogP contribution >= 0.6 is 0 Å². The van der Waals surface area contributed by atoms with E-state index in [2.05, 4.69) is 44.5 Å². The molecule has 2 heterocycles. The number of anilines is 4. The zero-order valence-electron chi connectivity index (χ0n) is 19.7. The van der Waals surface area contributed by atoms with Crippen LogP contribution < -0.4 is 21.3 Å². The van der Waals surface area contributed by atoms with Gasteiger partial charge >= 0.3 is 0 Å². The average molecular weight is 481 g/mol. The number of rotatable bonds is 9. The predicted octanol–water partition coefficient (Wildman–Crippen LogP) is 4.35. The molecule has 0 aliphatic carbocycles. The van der Waals surface area contributed by atoms with Gasteiger partial charge < -0.3 is 21.3 Å². The third-order valence-corrected chi connectivity index (χ3v) is 6.09. The van der Waals surface area contributed by atoms with Crippen molar-refractivity contribution in [2.24, 2.45) is 5.73 Å². The smallest absolute Gasteiger partial charge is 0.252 e. The molecular weight excluding hydrogens is 450 g/mol. The van der Waals surface area contributed by atoms with E-state index in [1.807, 2.05) is 12.1 Å². The van der Waals surface area contributed by atoms with Crippen LogP contribution in [0.3, 0.4) is 0 Å². The molecule has 7 nitrogen and oxygen atoms in total. The van der Waals surface area contributed by atoms with Crippen molar-refractivity contribution < 1.29 is 13.6 Å². The van der Waals surface area contributed by atoms with Crippen molar-refractivity contribution in [3.8, 4) is 0 Å². The minimum atomic E-state index is -0.931. The first-order valence-electron chi connectivity index (χ1n) is 11.8. The molecule has 35 heavy (non-hydrogen) atoms. The van der Waals surface area contributed by atoms with E-state index < -0.39 is 17.5 Å². The molecule has 1 amide bonds. The zero-order valence-corrected chi connectivity index (χ0v) is 19.7. The van der Waals surface area contributed by atoms with Crippen molar-refractivity contribution in [2.45, 2.75) is 19.9 Å². The van der Waals surface area contributed by atoms with Crippen LogP contribution in [0.1, 0.15) is 29.3 Å². The molecule has 4 N–H and O–H groups in total. The first-order valence-corrected chi connectivity index (χ1v) is 11.8. The molecule has 0 saturated carbocycles. The minimum absolute atomic E-state index is 0.0203. The Hall–Kier alpha value is -3.72. The molecule has 1 aliphatic heterocycles. The van der Waals surface area contributed by atoms with Crippen LogP contribution in [0.5, 0.6) is 0 Å². The van der Waals surface area contributed by atoms with E-state index >= 15 is 0 Å². The van der Waals surface area contributed by atoms with E-state index in [4.69, 9.17) is 5.73 Å². The number of nitrogens with two attached hydrogens (primary N) is 1. The van der Waals surface area contributed by atoms with Gasteiger partial charge in [-0.2, -0.15) is 0 Å². The van der Waals surface area contributed by atoms with Crippen LogP contribution in [0.25, 0.3) is 0 Å². The van der Waals surface area contributed by atoms with Gasteiger partial charge in [0, 0.05) is 61.9 Å². The molecule has 3 aromatic rings. The fraction of sp³-hybridized carbons (Fsp3) is 0.308. The van der Waals surface area contributed by atoms with Crippen LogP contribution in [0, 0.1) is 11.6 Å². The van der Waals surface area contributed by atoms with Gasteiger partial charge in [-0.3, -0.25) is 9.69 Å². The van der Waals surface area contributed by atoms with E-state index in [1.165, 1.54) is 30.4 Å². The van der Waals surface area contributed by atoms with Gasteiger partial charge in [0.05, 0.1) is 11.3 Å². The lowest BCUT2D eigenvalue weighted by atomic mass is 10.1. The maximum Gasteiger partial charge on any atom is 0.252 e. The highest BCUT2D eigenvalue weighted by atomic mass is 19.2. The molecule has 9 heteroatoms. The van der Waals surface area contributed by atoms with Gasteiger partial charge in [-0.05, 0) is 43.3 Å². The van der Waals surface area contributed by atoms with Gasteiger partial charge in [0.15, 0.2) is 11.6 Å². The Bertz CT molecular complexity index is 1160. The molecule has 1 fully saturated rings. The lowest BCUT2D eigenvalue weighted by Gasteiger charge is -2.36. The molecule has 1 aromatic heterocycles. The van der Waals surface area contributed by atoms with E-state index in [0.717, 1.165) is 44.5 Å². The third-order valence-electron chi connectivity index (χ3n) is 6.09. The second-order valence-corrected chi connectivity index (χ2v) is 8.55. The summed E-state index contributed by atoms with van der Waals surface area (Å²) in [4.78, 5) is 21.0. The lowest BCUT2D eigenvalue weighted by Crippen LogP contribution is -2.46. The highest BCUT2D eigenvalue weighted by Gasteiger charge is 2.17. The first-order chi connectivity index (χ1) is 16.9. The molecule has 0 atom stereocenters. The fourth-order valence-electron chi connectivity index (χ4n) is 4.19. The number of carbonyl (C=O) groups is 1. The Balaban J connectivity index is 1.43. The van der Waals surface area contributed by atoms with Crippen LogP contribution in [0.15, 0.2) is 54.7 Å². The second-order valence-electron chi connectivity index (χ2n) is 8.55. The molecule has 184 valence electrons. The Kier molecular flexibility index (Phi) is 7.77. The van der Waals surface area contributed by atoms with Crippen molar-refractivity contribution in [1.82, 2.24) is 9.88 Å². The van der Waals surface area contributed by atoms with Crippen molar-refractivity contribution in [3.05, 3.63) is 77.5 Å². The van der Waals surface area contributed by atoms with Gasteiger partial charge in [-0.15, -0.1) is 0 Å². The number of aromatic nitrogens is 1. The van der Waals surface area contributed by atoms with E-state index in [-0.39, 0.29) is 17.7 Å². The monoisotopic (exact) mass is 480 g/mol. The quantitative estimate of drug-likeness (QED) is 0.422. The number of nitrogens with one attached hydrogen (secondary N) is 2. The first kappa shape index (κ1) is 24.4. The maximum atomic E-state index is 14.0. The van der Waals surface area contributed by atoms with Crippen LogP contribution in [0.2, 0.25) is 0 Å². The Morgan fingerprint density at radius 3 is 2.51 bits per heavy atom. The summed E-state index contributed by atoms with van der Waals surface area (Å²) in [6.07, 6.45) is 2.53. The molecule has 1 saturated heterocycles. The topological polar surface area (TPSA) is 86.5 Å². The maximum absolute atomic E-state index is 14.0. The van der Waals surface area contributed by atoms with Crippen LogP contribution in [-0.4, -0.2) is 48.5 Å². The summed E-state index contributed by atoms with van der Waals surface area (Å²) in [5.41, 5.74) is 8.14. The average Bonchev–Trinajstić information content (AvgIpc) is 2.86. The third kappa shape index (κ3) is 6.05.